The number of imidazole rings is 1. The molecule has 90 valence electrons. The molecule has 1 heterocycles. The molecule has 2 atom stereocenters. The standard InChI is InChI=1S/C11H20N4O/c1-3-9(2)11(12)14-10(16)4-6-15-7-5-13-8-15/h5,7-9,11H,3-4,6,12H2,1-2H3,(H,14,16)/t9?,11-/m0/s1. The van der Waals surface area contributed by atoms with E-state index in [1.807, 2.05) is 17.7 Å². The Bertz CT molecular complexity index is 310. The molecule has 0 aromatic carbocycles. The largest absolute Gasteiger partial charge is 0.341 e. The van der Waals surface area contributed by atoms with E-state index >= 15 is 0 Å². The SMILES string of the molecule is CCC(C)[C@@H](N)NC(=O)CCn1ccnc1. The molecule has 0 radical (unpaired) electrons. The fraction of sp³-hybridized carbons (Fsp3) is 0.636. The minimum absolute atomic E-state index is 0.0125. The molecule has 0 fully saturated rings. The zero-order chi connectivity index (χ0) is 12.0. The number of amides is 1. The van der Waals surface area contributed by atoms with Crippen LogP contribution in [0.5, 0.6) is 0 Å². The van der Waals surface area contributed by atoms with Crippen molar-refractivity contribution >= 4 is 5.91 Å². The Morgan fingerprint density at radius 1 is 1.62 bits per heavy atom. The van der Waals surface area contributed by atoms with E-state index < -0.39 is 0 Å². The van der Waals surface area contributed by atoms with Gasteiger partial charge in [-0.3, -0.25) is 4.79 Å². The molecule has 1 amide bonds. The van der Waals surface area contributed by atoms with Crippen molar-refractivity contribution in [2.24, 2.45) is 11.7 Å². The lowest BCUT2D eigenvalue weighted by molar-refractivity contribution is -0.122. The number of nitrogens with one attached hydrogen (secondary N) is 1. The van der Waals surface area contributed by atoms with Crippen molar-refractivity contribution in [3.63, 3.8) is 0 Å². The molecule has 3 N–H and O–H groups in total. The Morgan fingerprint density at radius 2 is 2.38 bits per heavy atom. The summed E-state index contributed by atoms with van der Waals surface area (Å²) in [4.78, 5) is 15.5. The monoisotopic (exact) mass is 224 g/mol. The third-order valence-corrected chi connectivity index (χ3v) is 2.74. The number of aromatic nitrogens is 2. The number of carbonyl (C=O) groups is 1. The summed E-state index contributed by atoms with van der Waals surface area (Å²) in [5.41, 5.74) is 5.83. The van der Waals surface area contributed by atoms with Crippen LogP contribution in [0.3, 0.4) is 0 Å². The van der Waals surface area contributed by atoms with Gasteiger partial charge in [0.05, 0.1) is 12.5 Å². The lowest BCUT2D eigenvalue weighted by atomic mass is 10.1. The van der Waals surface area contributed by atoms with Crippen molar-refractivity contribution in [1.29, 1.82) is 0 Å². The molecule has 1 unspecified atom stereocenters. The maximum absolute atomic E-state index is 11.5. The van der Waals surface area contributed by atoms with Gasteiger partial charge in [-0.1, -0.05) is 20.3 Å². The van der Waals surface area contributed by atoms with Crippen molar-refractivity contribution in [2.75, 3.05) is 0 Å². The lowest BCUT2D eigenvalue weighted by Crippen LogP contribution is -2.45. The molecule has 0 saturated carbocycles. The van der Waals surface area contributed by atoms with Gasteiger partial charge in [-0.25, -0.2) is 4.98 Å². The van der Waals surface area contributed by atoms with E-state index in [-0.39, 0.29) is 12.1 Å². The molecule has 5 heteroatoms. The highest BCUT2D eigenvalue weighted by Crippen LogP contribution is 2.02. The highest BCUT2D eigenvalue weighted by Gasteiger charge is 2.12. The number of hydrogen-bond acceptors (Lipinski definition) is 3. The molecular weight excluding hydrogens is 204 g/mol. The van der Waals surface area contributed by atoms with Gasteiger partial charge in [-0.05, 0) is 5.92 Å². The van der Waals surface area contributed by atoms with Gasteiger partial charge in [0, 0.05) is 25.4 Å². The topological polar surface area (TPSA) is 72.9 Å². The van der Waals surface area contributed by atoms with Crippen LogP contribution in [0.15, 0.2) is 18.7 Å². The molecule has 1 aromatic rings. The Morgan fingerprint density at radius 3 is 2.94 bits per heavy atom. The minimum Gasteiger partial charge on any atom is -0.341 e. The zero-order valence-corrected chi connectivity index (χ0v) is 9.89. The Hall–Kier alpha value is -1.36. The number of rotatable bonds is 6. The second-order valence-electron chi connectivity index (χ2n) is 4.03. The Kier molecular flexibility index (Phi) is 4.98. The van der Waals surface area contributed by atoms with Gasteiger partial charge in [0.15, 0.2) is 0 Å². The highest BCUT2D eigenvalue weighted by atomic mass is 16.1. The molecule has 0 aliphatic heterocycles. The lowest BCUT2D eigenvalue weighted by Gasteiger charge is -2.19. The van der Waals surface area contributed by atoms with Crippen molar-refractivity contribution in [3.8, 4) is 0 Å². The summed E-state index contributed by atoms with van der Waals surface area (Å²) in [6, 6.07) is 0. The Labute approximate surface area is 96.0 Å². The van der Waals surface area contributed by atoms with Crippen LogP contribution in [-0.2, 0) is 11.3 Å². The Balaban J connectivity index is 2.25. The summed E-state index contributed by atoms with van der Waals surface area (Å²) in [6.45, 7) is 4.72. The molecule has 0 aliphatic rings. The number of carbonyl (C=O) groups excluding carboxylic acids is 1. The summed E-state index contributed by atoms with van der Waals surface area (Å²) in [5.74, 6) is 0.290. The summed E-state index contributed by atoms with van der Waals surface area (Å²) in [7, 11) is 0. The van der Waals surface area contributed by atoms with E-state index in [0.29, 0.717) is 18.9 Å². The summed E-state index contributed by atoms with van der Waals surface area (Å²) < 4.78 is 1.87. The molecule has 1 aromatic heterocycles. The summed E-state index contributed by atoms with van der Waals surface area (Å²) in [6.07, 6.45) is 6.37. The van der Waals surface area contributed by atoms with Crippen molar-refractivity contribution < 1.29 is 4.79 Å². The first kappa shape index (κ1) is 12.7. The molecule has 0 aliphatic carbocycles. The van der Waals surface area contributed by atoms with Crippen LogP contribution in [-0.4, -0.2) is 21.6 Å². The van der Waals surface area contributed by atoms with Crippen LogP contribution in [0.2, 0.25) is 0 Å². The molecular formula is C11H20N4O. The van der Waals surface area contributed by atoms with Gasteiger partial charge in [-0.15, -0.1) is 0 Å². The summed E-state index contributed by atoms with van der Waals surface area (Å²) >= 11 is 0. The zero-order valence-electron chi connectivity index (χ0n) is 9.89. The smallest absolute Gasteiger partial charge is 0.223 e. The third kappa shape index (κ3) is 4.02. The van der Waals surface area contributed by atoms with E-state index in [4.69, 9.17) is 5.73 Å². The molecule has 0 bridgehead atoms. The van der Waals surface area contributed by atoms with Crippen LogP contribution >= 0.6 is 0 Å². The van der Waals surface area contributed by atoms with Crippen LogP contribution in [0.25, 0.3) is 0 Å². The van der Waals surface area contributed by atoms with Crippen LogP contribution in [0, 0.1) is 5.92 Å². The maximum atomic E-state index is 11.5. The molecule has 16 heavy (non-hydrogen) atoms. The first-order valence-corrected chi connectivity index (χ1v) is 5.64. The average Bonchev–Trinajstić information content (AvgIpc) is 2.78. The fourth-order valence-corrected chi connectivity index (χ4v) is 1.30. The van der Waals surface area contributed by atoms with Crippen LogP contribution in [0.4, 0.5) is 0 Å². The van der Waals surface area contributed by atoms with Gasteiger partial charge < -0.3 is 15.6 Å². The van der Waals surface area contributed by atoms with E-state index in [1.165, 1.54) is 0 Å². The quantitative estimate of drug-likeness (QED) is 0.699. The van der Waals surface area contributed by atoms with Gasteiger partial charge in [0.25, 0.3) is 0 Å². The number of nitrogens with two attached hydrogens (primary N) is 1. The third-order valence-electron chi connectivity index (χ3n) is 2.74. The number of hydrogen-bond donors (Lipinski definition) is 2. The van der Waals surface area contributed by atoms with Crippen LogP contribution in [0.1, 0.15) is 26.7 Å². The molecule has 1 rings (SSSR count). The van der Waals surface area contributed by atoms with Crippen LogP contribution < -0.4 is 11.1 Å². The number of aryl methyl sites for hydroxylation is 1. The average molecular weight is 224 g/mol. The van der Waals surface area contributed by atoms with Gasteiger partial charge in [0.1, 0.15) is 0 Å². The van der Waals surface area contributed by atoms with Crippen molar-refractivity contribution in [1.82, 2.24) is 14.9 Å². The van der Waals surface area contributed by atoms with Crippen molar-refractivity contribution in [3.05, 3.63) is 18.7 Å². The van der Waals surface area contributed by atoms with Crippen molar-refractivity contribution in [2.45, 2.75) is 39.4 Å². The first-order valence-electron chi connectivity index (χ1n) is 5.64. The van der Waals surface area contributed by atoms with Gasteiger partial charge in [-0.2, -0.15) is 0 Å². The second-order valence-corrected chi connectivity index (χ2v) is 4.03. The predicted molar refractivity (Wildman–Crippen MR) is 62.4 cm³/mol. The second kappa shape index (κ2) is 6.27. The predicted octanol–water partition coefficient (Wildman–Crippen LogP) is 0.720. The van der Waals surface area contributed by atoms with Gasteiger partial charge in [0.2, 0.25) is 5.91 Å². The molecule has 0 spiro atoms. The highest BCUT2D eigenvalue weighted by molar-refractivity contribution is 5.76. The first-order chi connectivity index (χ1) is 7.63. The summed E-state index contributed by atoms with van der Waals surface area (Å²) in [5, 5.41) is 2.80. The maximum Gasteiger partial charge on any atom is 0.223 e. The van der Waals surface area contributed by atoms with E-state index in [9.17, 15) is 4.79 Å². The van der Waals surface area contributed by atoms with E-state index in [0.717, 1.165) is 6.42 Å². The fourth-order valence-electron chi connectivity index (χ4n) is 1.30. The normalized spacial score (nSPS) is 14.4. The van der Waals surface area contributed by atoms with Gasteiger partial charge >= 0.3 is 0 Å². The molecule has 5 nitrogen and oxygen atoms in total. The molecule has 0 saturated heterocycles. The minimum atomic E-state index is -0.250. The van der Waals surface area contributed by atoms with E-state index in [1.54, 1.807) is 12.5 Å². The van der Waals surface area contributed by atoms with E-state index in [2.05, 4.69) is 17.2 Å². The number of nitrogens with zero attached hydrogens (tertiary/aromatic N) is 2.